The van der Waals surface area contributed by atoms with E-state index in [0.29, 0.717) is 6.42 Å². The van der Waals surface area contributed by atoms with Gasteiger partial charge in [0.25, 0.3) is 0 Å². The summed E-state index contributed by atoms with van der Waals surface area (Å²) in [4.78, 5) is 16.4. The molecule has 4 nitrogen and oxygen atoms in total. The third-order valence-corrected chi connectivity index (χ3v) is 4.56. The molecule has 1 aromatic carbocycles. The van der Waals surface area contributed by atoms with Crippen LogP contribution in [0.5, 0.6) is 0 Å². The molecule has 1 aliphatic carbocycles. The molecule has 1 atom stereocenters. The highest BCUT2D eigenvalue weighted by atomic mass is 16.1. The Bertz CT molecular complexity index is 644. The summed E-state index contributed by atoms with van der Waals surface area (Å²) >= 11 is 0. The van der Waals surface area contributed by atoms with Crippen LogP contribution in [-0.2, 0) is 11.2 Å². The number of rotatable bonds is 6. The van der Waals surface area contributed by atoms with E-state index in [1.807, 2.05) is 17.7 Å². The number of nitrogens with one attached hydrogen (secondary N) is 1. The zero-order chi connectivity index (χ0) is 15.6. The van der Waals surface area contributed by atoms with Crippen molar-refractivity contribution in [2.45, 2.75) is 51.1 Å². The van der Waals surface area contributed by atoms with Crippen LogP contribution in [0.25, 0.3) is 0 Å². The maximum Gasteiger partial charge on any atom is 0.222 e. The lowest BCUT2D eigenvalue weighted by Crippen LogP contribution is -2.39. The van der Waals surface area contributed by atoms with Crippen LogP contribution in [0, 0.1) is 6.92 Å². The molecule has 2 aromatic rings. The summed E-state index contributed by atoms with van der Waals surface area (Å²) in [5.41, 5.74) is 2.62. The van der Waals surface area contributed by atoms with Gasteiger partial charge >= 0.3 is 0 Å². The molecule has 3 rings (SSSR count). The first kappa shape index (κ1) is 14.8. The second kappa shape index (κ2) is 5.95. The van der Waals surface area contributed by atoms with Gasteiger partial charge in [0.15, 0.2) is 0 Å². The molecule has 1 amide bonds. The van der Waals surface area contributed by atoms with Gasteiger partial charge in [0.05, 0.1) is 6.33 Å². The van der Waals surface area contributed by atoms with Gasteiger partial charge in [0.2, 0.25) is 5.91 Å². The number of hydrogen-bond acceptors (Lipinski definition) is 2. The number of aromatic nitrogens is 2. The first-order valence-electron chi connectivity index (χ1n) is 7.91. The third-order valence-electron chi connectivity index (χ3n) is 4.56. The van der Waals surface area contributed by atoms with E-state index in [1.165, 1.54) is 11.1 Å². The second-order valence-electron chi connectivity index (χ2n) is 6.49. The molecular formula is C18H23N3O. The number of carbonyl (C=O) groups excluding carboxylic acids is 1. The van der Waals surface area contributed by atoms with Crippen molar-refractivity contribution in [2.24, 2.45) is 0 Å². The van der Waals surface area contributed by atoms with Crippen LogP contribution in [-0.4, -0.2) is 21.0 Å². The van der Waals surface area contributed by atoms with Crippen LogP contribution in [0.1, 0.15) is 43.4 Å². The van der Waals surface area contributed by atoms with Gasteiger partial charge in [-0.15, -0.1) is 0 Å². The van der Waals surface area contributed by atoms with Crippen molar-refractivity contribution in [3.63, 3.8) is 0 Å². The van der Waals surface area contributed by atoms with Crippen LogP contribution in [0.4, 0.5) is 0 Å². The first-order chi connectivity index (χ1) is 10.6. The Morgan fingerprint density at radius 3 is 2.82 bits per heavy atom. The Hall–Kier alpha value is -2.10. The number of imidazole rings is 1. The zero-order valence-electron chi connectivity index (χ0n) is 13.2. The lowest BCUT2D eigenvalue weighted by Gasteiger charge is -2.20. The number of aryl methyl sites for hydroxylation is 1. The third kappa shape index (κ3) is 3.38. The average Bonchev–Trinajstić information content (AvgIpc) is 3.02. The van der Waals surface area contributed by atoms with Gasteiger partial charge in [0, 0.05) is 30.4 Å². The highest BCUT2D eigenvalue weighted by molar-refractivity contribution is 5.77. The standard InChI is InChI=1S/C18H23N3O/c1-14-5-3-4-6-16(14)12-18(7-8-18)20-17(22)11-15(2)21-10-9-19-13-21/h3-6,9-10,13,15H,7-8,11-12H2,1-2H3,(H,20,22)/t15-/m0/s1. The fourth-order valence-corrected chi connectivity index (χ4v) is 2.92. The molecular weight excluding hydrogens is 274 g/mol. The zero-order valence-corrected chi connectivity index (χ0v) is 13.2. The van der Waals surface area contributed by atoms with Gasteiger partial charge in [-0.25, -0.2) is 4.98 Å². The fourth-order valence-electron chi connectivity index (χ4n) is 2.92. The van der Waals surface area contributed by atoms with Gasteiger partial charge < -0.3 is 9.88 Å². The molecule has 4 heteroatoms. The Morgan fingerprint density at radius 1 is 1.41 bits per heavy atom. The number of benzene rings is 1. The van der Waals surface area contributed by atoms with E-state index in [-0.39, 0.29) is 17.5 Å². The summed E-state index contributed by atoms with van der Waals surface area (Å²) in [6, 6.07) is 8.56. The minimum atomic E-state index is -0.0160. The van der Waals surface area contributed by atoms with Crippen LogP contribution < -0.4 is 5.32 Å². The maximum absolute atomic E-state index is 12.3. The monoisotopic (exact) mass is 297 g/mol. The maximum atomic E-state index is 12.3. The number of nitrogens with zero attached hydrogens (tertiary/aromatic N) is 2. The molecule has 0 aliphatic heterocycles. The molecule has 1 saturated carbocycles. The second-order valence-corrected chi connectivity index (χ2v) is 6.49. The SMILES string of the molecule is Cc1ccccc1CC1(NC(=O)C[C@H](C)n2ccnc2)CC1. The molecule has 1 heterocycles. The van der Waals surface area contributed by atoms with Crippen molar-refractivity contribution in [3.05, 3.63) is 54.1 Å². The largest absolute Gasteiger partial charge is 0.350 e. The summed E-state index contributed by atoms with van der Waals surface area (Å²) in [6.07, 6.45) is 8.99. The van der Waals surface area contributed by atoms with Gasteiger partial charge in [-0.3, -0.25) is 4.79 Å². The highest BCUT2D eigenvalue weighted by Gasteiger charge is 2.44. The lowest BCUT2D eigenvalue weighted by atomic mass is 9.99. The first-order valence-corrected chi connectivity index (χ1v) is 7.91. The number of hydrogen-bond donors (Lipinski definition) is 1. The Morgan fingerprint density at radius 2 is 2.18 bits per heavy atom. The lowest BCUT2D eigenvalue weighted by molar-refractivity contribution is -0.122. The van der Waals surface area contributed by atoms with Crippen LogP contribution >= 0.6 is 0 Å². The minimum Gasteiger partial charge on any atom is -0.350 e. The van der Waals surface area contributed by atoms with Gasteiger partial charge in [-0.1, -0.05) is 24.3 Å². The smallest absolute Gasteiger partial charge is 0.222 e. The summed E-state index contributed by atoms with van der Waals surface area (Å²) in [5.74, 6) is 0.132. The molecule has 1 fully saturated rings. The quantitative estimate of drug-likeness (QED) is 0.891. The Kier molecular flexibility index (Phi) is 4.01. The van der Waals surface area contributed by atoms with Crippen molar-refractivity contribution in [1.29, 1.82) is 0 Å². The molecule has 0 saturated heterocycles. The predicted octanol–water partition coefficient (Wildman–Crippen LogP) is 3.03. The molecule has 0 bridgehead atoms. The molecule has 1 aliphatic rings. The molecule has 0 spiro atoms. The summed E-state index contributed by atoms with van der Waals surface area (Å²) in [6.45, 7) is 4.18. The summed E-state index contributed by atoms with van der Waals surface area (Å²) < 4.78 is 1.97. The predicted molar refractivity (Wildman–Crippen MR) is 86.5 cm³/mol. The van der Waals surface area contributed by atoms with E-state index in [1.54, 1.807) is 12.5 Å². The Balaban J connectivity index is 1.58. The Labute approximate surface area is 131 Å². The highest BCUT2D eigenvalue weighted by Crippen LogP contribution is 2.39. The van der Waals surface area contributed by atoms with Crippen molar-refractivity contribution < 1.29 is 4.79 Å². The number of amides is 1. The van der Waals surface area contributed by atoms with Crippen LogP contribution in [0.2, 0.25) is 0 Å². The normalized spacial score (nSPS) is 17.0. The summed E-state index contributed by atoms with van der Waals surface area (Å²) in [7, 11) is 0. The van der Waals surface area contributed by atoms with E-state index < -0.39 is 0 Å². The van der Waals surface area contributed by atoms with E-state index in [4.69, 9.17) is 0 Å². The topological polar surface area (TPSA) is 46.9 Å². The molecule has 22 heavy (non-hydrogen) atoms. The molecule has 1 aromatic heterocycles. The fraction of sp³-hybridized carbons (Fsp3) is 0.444. The van der Waals surface area contributed by atoms with Crippen molar-refractivity contribution >= 4 is 5.91 Å². The van der Waals surface area contributed by atoms with Crippen molar-refractivity contribution in [1.82, 2.24) is 14.9 Å². The molecule has 0 unspecified atom stereocenters. The molecule has 116 valence electrons. The van der Waals surface area contributed by atoms with Crippen LogP contribution in [0.15, 0.2) is 43.0 Å². The summed E-state index contributed by atoms with van der Waals surface area (Å²) in [5, 5.41) is 3.26. The van der Waals surface area contributed by atoms with Gasteiger partial charge in [0.1, 0.15) is 0 Å². The molecule has 0 radical (unpaired) electrons. The van der Waals surface area contributed by atoms with Crippen LogP contribution in [0.3, 0.4) is 0 Å². The van der Waals surface area contributed by atoms with Gasteiger partial charge in [-0.05, 0) is 44.2 Å². The van der Waals surface area contributed by atoms with E-state index in [0.717, 1.165) is 19.3 Å². The van der Waals surface area contributed by atoms with E-state index >= 15 is 0 Å². The van der Waals surface area contributed by atoms with Gasteiger partial charge in [-0.2, -0.15) is 0 Å². The molecule has 1 N–H and O–H groups in total. The van der Waals surface area contributed by atoms with E-state index in [2.05, 4.69) is 41.5 Å². The average molecular weight is 297 g/mol. The minimum absolute atomic E-state index is 0.0160. The van der Waals surface area contributed by atoms with Crippen molar-refractivity contribution in [3.8, 4) is 0 Å². The van der Waals surface area contributed by atoms with Crippen molar-refractivity contribution in [2.75, 3.05) is 0 Å². The van der Waals surface area contributed by atoms with E-state index in [9.17, 15) is 4.79 Å². The number of carbonyl (C=O) groups is 1.